The monoisotopic (exact) mass is 244 g/mol. The van der Waals surface area contributed by atoms with Gasteiger partial charge in [-0.05, 0) is 42.4 Å². The standard InChI is InChI=1S/C16H24N2/c1-12(2)14-4-3-5-15(10-14)18-9-8-17-16(11-18)13-6-7-13/h3-5,10,12-13,16-17H,6-9,11H2,1-2H3. The van der Waals surface area contributed by atoms with Crippen LogP contribution in [0.5, 0.6) is 0 Å². The van der Waals surface area contributed by atoms with Crippen molar-refractivity contribution in [1.82, 2.24) is 5.32 Å². The number of rotatable bonds is 3. The molecule has 1 aromatic rings. The second-order valence-electron chi connectivity index (χ2n) is 6.09. The Hall–Kier alpha value is -1.02. The quantitative estimate of drug-likeness (QED) is 0.879. The van der Waals surface area contributed by atoms with Crippen molar-refractivity contribution >= 4 is 5.69 Å². The third kappa shape index (κ3) is 2.54. The molecule has 2 aliphatic rings. The molecule has 1 atom stereocenters. The highest BCUT2D eigenvalue weighted by Gasteiger charge is 2.34. The molecule has 3 rings (SSSR count). The fourth-order valence-corrected chi connectivity index (χ4v) is 2.91. The van der Waals surface area contributed by atoms with Crippen molar-refractivity contribution in [1.29, 1.82) is 0 Å². The lowest BCUT2D eigenvalue weighted by Crippen LogP contribution is -2.51. The first-order valence-electron chi connectivity index (χ1n) is 7.32. The van der Waals surface area contributed by atoms with E-state index in [1.165, 1.54) is 30.6 Å². The SMILES string of the molecule is CC(C)c1cccc(N2CCNC(C3CC3)C2)c1. The summed E-state index contributed by atoms with van der Waals surface area (Å²) in [5.41, 5.74) is 2.86. The summed E-state index contributed by atoms with van der Waals surface area (Å²) in [5, 5.41) is 3.68. The molecule has 1 saturated carbocycles. The number of hydrogen-bond donors (Lipinski definition) is 1. The molecule has 1 aliphatic carbocycles. The highest BCUT2D eigenvalue weighted by Crippen LogP contribution is 2.34. The van der Waals surface area contributed by atoms with Gasteiger partial charge in [-0.3, -0.25) is 0 Å². The van der Waals surface area contributed by atoms with Gasteiger partial charge >= 0.3 is 0 Å². The molecule has 2 heteroatoms. The van der Waals surface area contributed by atoms with E-state index in [2.05, 4.69) is 48.3 Å². The summed E-state index contributed by atoms with van der Waals surface area (Å²) in [6, 6.07) is 9.82. The van der Waals surface area contributed by atoms with Crippen LogP contribution in [0.2, 0.25) is 0 Å². The zero-order valence-electron chi connectivity index (χ0n) is 11.5. The van der Waals surface area contributed by atoms with E-state index >= 15 is 0 Å². The van der Waals surface area contributed by atoms with Gasteiger partial charge in [0.2, 0.25) is 0 Å². The maximum Gasteiger partial charge on any atom is 0.0370 e. The summed E-state index contributed by atoms with van der Waals surface area (Å²) in [7, 11) is 0. The molecule has 1 heterocycles. The molecular formula is C16H24N2. The number of nitrogens with zero attached hydrogens (tertiary/aromatic N) is 1. The minimum Gasteiger partial charge on any atom is -0.369 e. The van der Waals surface area contributed by atoms with E-state index in [-0.39, 0.29) is 0 Å². The van der Waals surface area contributed by atoms with Crippen LogP contribution in [0.1, 0.15) is 38.2 Å². The fraction of sp³-hybridized carbons (Fsp3) is 0.625. The second kappa shape index (κ2) is 4.93. The summed E-state index contributed by atoms with van der Waals surface area (Å²) in [5.74, 6) is 1.56. The van der Waals surface area contributed by atoms with Crippen molar-refractivity contribution in [3.63, 3.8) is 0 Å². The largest absolute Gasteiger partial charge is 0.369 e. The van der Waals surface area contributed by atoms with E-state index in [4.69, 9.17) is 0 Å². The van der Waals surface area contributed by atoms with Gasteiger partial charge in [-0.25, -0.2) is 0 Å². The van der Waals surface area contributed by atoms with Crippen molar-refractivity contribution in [2.24, 2.45) is 5.92 Å². The maximum absolute atomic E-state index is 3.68. The van der Waals surface area contributed by atoms with Crippen LogP contribution >= 0.6 is 0 Å². The highest BCUT2D eigenvalue weighted by molar-refractivity contribution is 5.50. The average molecular weight is 244 g/mol. The van der Waals surface area contributed by atoms with Crippen LogP contribution in [0, 0.1) is 5.92 Å². The molecule has 0 radical (unpaired) electrons. The van der Waals surface area contributed by atoms with E-state index in [1.807, 2.05) is 0 Å². The lowest BCUT2D eigenvalue weighted by molar-refractivity contribution is 0.419. The predicted octanol–water partition coefficient (Wildman–Crippen LogP) is 3.00. The normalized spacial score (nSPS) is 24.6. The Bertz CT molecular complexity index is 409. The van der Waals surface area contributed by atoms with Crippen molar-refractivity contribution in [3.8, 4) is 0 Å². The van der Waals surface area contributed by atoms with Gasteiger partial charge in [0.25, 0.3) is 0 Å². The highest BCUT2D eigenvalue weighted by atomic mass is 15.2. The van der Waals surface area contributed by atoms with E-state index in [9.17, 15) is 0 Å². The second-order valence-corrected chi connectivity index (χ2v) is 6.09. The third-order valence-corrected chi connectivity index (χ3v) is 4.30. The molecular weight excluding hydrogens is 220 g/mol. The predicted molar refractivity (Wildman–Crippen MR) is 77.3 cm³/mol. The van der Waals surface area contributed by atoms with Crippen molar-refractivity contribution in [3.05, 3.63) is 29.8 Å². The third-order valence-electron chi connectivity index (χ3n) is 4.30. The van der Waals surface area contributed by atoms with Crippen LogP contribution in [0.25, 0.3) is 0 Å². The van der Waals surface area contributed by atoms with Crippen molar-refractivity contribution in [2.75, 3.05) is 24.5 Å². The van der Waals surface area contributed by atoms with Gasteiger partial charge < -0.3 is 10.2 Å². The number of benzene rings is 1. The zero-order valence-corrected chi connectivity index (χ0v) is 11.5. The van der Waals surface area contributed by atoms with Crippen LogP contribution in [0.4, 0.5) is 5.69 Å². The first kappa shape index (κ1) is 12.0. The molecule has 1 aromatic carbocycles. The Labute approximate surface area is 110 Å². The summed E-state index contributed by atoms with van der Waals surface area (Å²) in [4.78, 5) is 2.56. The molecule has 1 saturated heterocycles. The minimum absolute atomic E-state index is 0.618. The molecule has 18 heavy (non-hydrogen) atoms. The molecule has 98 valence electrons. The van der Waals surface area contributed by atoms with Gasteiger partial charge in [0.15, 0.2) is 0 Å². The Morgan fingerprint density at radius 2 is 2.11 bits per heavy atom. The Balaban J connectivity index is 1.74. The number of piperazine rings is 1. The Morgan fingerprint density at radius 1 is 1.28 bits per heavy atom. The van der Waals surface area contributed by atoms with E-state index in [0.717, 1.165) is 25.0 Å². The first-order valence-corrected chi connectivity index (χ1v) is 7.32. The van der Waals surface area contributed by atoms with Crippen LogP contribution in [-0.4, -0.2) is 25.7 Å². The molecule has 0 aromatic heterocycles. The van der Waals surface area contributed by atoms with Gasteiger partial charge in [-0.15, -0.1) is 0 Å². The summed E-state index contributed by atoms with van der Waals surface area (Å²) in [6.45, 7) is 8.00. The lowest BCUT2D eigenvalue weighted by atomic mass is 10.0. The van der Waals surface area contributed by atoms with E-state index in [0.29, 0.717) is 5.92 Å². The molecule has 0 amide bonds. The molecule has 0 bridgehead atoms. The fourth-order valence-electron chi connectivity index (χ4n) is 2.91. The molecule has 0 spiro atoms. The van der Waals surface area contributed by atoms with Crippen molar-refractivity contribution < 1.29 is 0 Å². The Morgan fingerprint density at radius 3 is 2.83 bits per heavy atom. The minimum atomic E-state index is 0.618. The van der Waals surface area contributed by atoms with Gasteiger partial charge in [0, 0.05) is 31.4 Å². The van der Waals surface area contributed by atoms with Crippen LogP contribution in [0.15, 0.2) is 24.3 Å². The van der Waals surface area contributed by atoms with Gasteiger partial charge in [0.1, 0.15) is 0 Å². The zero-order chi connectivity index (χ0) is 12.5. The van der Waals surface area contributed by atoms with E-state index < -0.39 is 0 Å². The smallest absolute Gasteiger partial charge is 0.0370 e. The Kier molecular flexibility index (Phi) is 3.29. The number of hydrogen-bond acceptors (Lipinski definition) is 2. The van der Waals surface area contributed by atoms with Gasteiger partial charge in [0.05, 0.1) is 0 Å². The molecule has 1 N–H and O–H groups in total. The summed E-state index contributed by atoms with van der Waals surface area (Å²) >= 11 is 0. The summed E-state index contributed by atoms with van der Waals surface area (Å²) in [6.07, 6.45) is 2.86. The molecule has 1 aliphatic heterocycles. The molecule has 1 unspecified atom stereocenters. The number of nitrogens with one attached hydrogen (secondary N) is 1. The van der Waals surface area contributed by atoms with Gasteiger partial charge in [-0.2, -0.15) is 0 Å². The molecule has 2 nitrogen and oxygen atoms in total. The topological polar surface area (TPSA) is 15.3 Å². The van der Waals surface area contributed by atoms with Crippen LogP contribution in [-0.2, 0) is 0 Å². The maximum atomic E-state index is 3.68. The average Bonchev–Trinajstić information content (AvgIpc) is 3.23. The van der Waals surface area contributed by atoms with E-state index in [1.54, 1.807) is 0 Å². The lowest BCUT2D eigenvalue weighted by Gasteiger charge is -2.35. The summed E-state index contributed by atoms with van der Waals surface area (Å²) < 4.78 is 0. The first-order chi connectivity index (χ1) is 8.74. The molecule has 2 fully saturated rings. The van der Waals surface area contributed by atoms with Crippen LogP contribution < -0.4 is 10.2 Å². The number of anilines is 1. The van der Waals surface area contributed by atoms with Crippen LogP contribution in [0.3, 0.4) is 0 Å². The van der Waals surface area contributed by atoms with Gasteiger partial charge in [-0.1, -0.05) is 26.0 Å². The van der Waals surface area contributed by atoms with Crippen molar-refractivity contribution in [2.45, 2.75) is 38.6 Å².